The largest absolute Gasteiger partial charge is 0.325 e. The van der Waals surface area contributed by atoms with Crippen LogP contribution in [-0.4, -0.2) is 29.2 Å². The van der Waals surface area contributed by atoms with E-state index >= 15 is 0 Å². The highest BCUT2D eigenvalue weighted by molar-refractivity contribution is 6.08. The Bertz CT molecular complexity index is 622. The zero-order valence-electron chi connectivity index (χ0n) is 12.4. The molecular formula is C17H18N2O3. The van der Waals surface area contributed by atoms with E-state index < -0.39 is 0 Å². The quantitative estimate of drug-likeness (QED) is 0.684. The molecule has 0 bridgehead atoms. The van der Waals surface area contributed by atoms with Crippen molar-refractivity contribution >= 4 is 23.4 Å². The van der Waals surface area contributed by atoms with E-state index in [9.17, 15) is 14.4 Å². The zero-order valence-corrected chi connectivity index (χ0v) is 12.4. The number of hydrogen-bond donors (Lipinski definition) is 1. The van der Waals surface area contributed by atoms with Crippen LogP contribution < -0.4 is 5.32 Å². The van der Waals surface area contributed by atoms with Crippen LogP contribution in [0.1, 0.15) is 18.4 Å². The molecular weight excluding hydrogens is 280 g/mol. The molecule has 5 heteroatoms. The SMILES string of the molecule is Cc1ccc(NC(=O)CN2C(=O)[C@@H]3CC=CC[C@H]3C2=O)cc1. The van der Waals surface area contributed by atoms with Gasteiger partial charge >= 0.3 is 0 Å². The number of imide groups is 1. The second-order valence-electron chi connectivity index (χ2n) is 5.83. The summed E-state index contributed by atoms with van der Waals surface area (Å²) < 4.78 is 0. The number of carbonyl (C=O) groups excluding carboxylic acids is 3. The Morgan fingerprint density at radius 2 is 1.64 bits per heavy atom. The van der Waals surface area contributed by atoms with Gasteiger partial charge < -0.3 is 5.32 Å². The van der Waals surface area contributed by atoms with E-state index in [0.717, 1.165) is 10.5 Å². The van der Waals surface area contributed by atoms with E-state index in [0.29, 0.717) is 18.5 Å². The molecule has 22 heavy (non-hydrogen) atoms. The summed E-state index contributed by atoms with van der Waals surface area (Å²) in [5, 5.41) is 2.72. The lowest BCUT2D eigenvalue weighted by Gasteiger charge is -2.14. The first kappa shape index (κ1) is 14.5. The molecule has 3 amide bonds. The summed E-state index contributed by atoms with van der Waals surface area (Å²) >= 11 is 0. The lowest BCUT2D eigenvalue weighted by Crippen LogP contribution is -2.38. The fourth-order valence-corrected chi connectivity index (χ4v) is 3.01. The van der Waals surface area contributed by atoms with Crippen molar-refractivity contribution in [2.24, 2.45) is 11.8 Å². The number of nitrogens with zero attached hydrogens (tertiary/aromatic N) is 1. The van der Waals surface area contributed by atoms with Crippen LogP contribution in [0.4, 0.5) is 5.69 Å². The average Bonchev–Trinajstić information content (AvgIpc) is 2.75. The Morgan fingerprint density at radius 1 is 1.09 bits per heavy atom. The Hall–Kier alpha value is -2.43. The van der Waals surface area contributed by atoms with E-state index in [1.165, 1.54) is 0 Å². The van der Waals surface area contributed by atoms with Gasteiger partial charge in [0.05, 0.1) is 11.8 Å². The lowest BCUT2D eigenvalue weighted by atomic mass is 9.85. The maximum absolute atomic E-state index is 12.3. The smallest absolute Gasteiger partial charge is 0.244 e. The number of carbonyl (C=O) groups is 3. The number of rotatable bonds is 3. The van der Waals surface area contributed by atoms with E-state index in [-0.39, 0.29) is 36.1 Å². The molecule has 2 atom stereocenters. The van der Waals surface area contributed by atoms with Gasteiger partial charge in [0.1, 0.15) is 6.54 Å². The molecule has 0 unspecified atom stereocenters. The third-order valence-electron chi connectivity index (χ3n) is 4.24. The van der Waals surface area contributed by atoms with Gasteiger partial charge in [0.25, 0.3) is 0 Å². The Kier molecular flexibility index (Phi) is 3.79. The first-order valence-corrected chi connectivity index (χ1v) is 7.43. The number of allylic oxidation sites excluding steroid dienone is 2. The fraction of sp³-hybridized carbons (Fsp3) is 0.353. The van der Waals surface area contributed by atoms with Crippen LogP contribution in [0.25, 0.3) is 0 Å². The van der Waals surface area contributed by atoms with Gasteiger partial charge in [0.15, 0.2) is 0 Å². The van der Waals surface area contributed by atoms with Crippen LogP contribution in [-0.2, 0) is 14.4 Å². The lowest BCUT2D eigenvalue weighted by molar-refractivity contribution is -0.142. The second-order valence-corrected chi connectivity index (χ2v) is 5.83. The first-order chi connectivity index (χ1) is 10.6. The van der Waals surface area contributed by atoms with Crippen molar-refractivity contribution in [2.45, 2.75) is 19.8 Å². The van der Waals surface area contributed by atoms with Crippen LogP contribution >= 0.6 is 0 Å². The summed E-state index contributed by atoms with van der Waals surface area (Å²) in [6.07, 6.45) is 5.04. The third kappa shape index (κ3) is 2.66. The van der Waals surface area contributed by atoms with Gasteiger partial charge in [0.2, 0.25) is 17.7 Å². The number of hydrogen-bond acceptors (Lipinski definition) is 3. The minimum Gasteiger partial charge on any atom is -0.325 e. The molecule has 1 aliphatic heterocycles. The topological polar surface area (TPSA) is 66.5 Å². The molecule has 0 aromatic heterocycles. The Morgan fingerprint density at radius 3 is 2.18 bits per heavy atom. The summed E-state index contributed by atoms with van der Waals surface area (Å²) in [5.74, 6) is -1.37. The van der Waals surface area contributed by atoms with Crippen molar-refractivity contribution in [3.63, 3.8) is 0 Å². The molecule has 1 fully saturated rings. The van der Waals surface area contributed by atoms with Gasteiger partial charge in [-0.1, -0.05) is 29.8 Å². The summed E-state index contributed by atoms with van der Waals surface area (Å²) in [4.78, 5) is 37.7. The van der Waals surface area contributed by atoms with E-state index in [2.05, 4.69) is 5.32 Å². The molecule has 0 radical (unpaired) electrons. The van der Waals surface area contributed by atoms with Gasteiger partial charge in [-0.25, -0.2) is 0 Å². The Balaban J connectivity index is 1.65. The number of anilines is 1. The maximum Gasteiger partial charge on any atom is 0.244 e. The van der Waals surface area contributed by atoms with Crippen LogP contribution in [0.15, 0.2) is 36.4 Å². The number of benzene rings is 1. The standard InChI is InChI=1S/C17H18N2O3/c1-11-6-8-12(9-7-11)18-15(20)10-19-16(21)13-4-2-3-5-14(13)17(19)22/h2-3,6-9,13-14H,4-5,10H2,1H3,(H,18,20)/t13-,14-/m1/s1. The van der Waals surface area contributed by atoms with Crippen molar-refractivity contribution in [3.05, 3.63) is 42.0 Å². The number of aryl methyl sites for hydroxylation is 1. The molecule has 1 aromatic carbocycles. The monoisotopic (exact) mass is 298 g/mol. The molecule has 1 saturated heterocycles. The van der Waals surface area contributed by atoms with E-state index in [4.69, 9.17) is 0 Å². The minimum atomic E-state index is -0.350. The molecule has 1 N–H and O–H groups in total. The predicted molar refractivity (Wildman–Crippen MR) is 81.9 cm³/mol. The van der Waals surface area contributed by atoms with Crippen molar-refractivity contribution < 1.29 is 14.4 Å². The molecule has 114 valence electrons. The molecule has 5 nitrogen and oxygen atoms in total. The first-order valence-electron chi connectivity index (χ1n) is 7.43. The molecule has 0 spiro atoms. The van der Waals surface area contributed by atoms with Gasteiger partial charge in [-0.2, -0.15) is 0 Å². The van der Waals surface area contributed by atoms with E-state index in [1.807, 2.05) is 31.2 Å². The molecule has 2 aliphatic rings. The van der Waals surface area contributed by atoms with Crippen molar-refractivity contribution in [3.8, 4) is 0 Å². The van der Waals surface area contributed by atoms with Crippen LogP contribution in [0.5, 0.6) is 0 Å². The van der Waals surface area contributed by atoms with Gasteiger partial charge in [-0.3, -0.25) is 19.3 Å². The van der Waals surface area contributed by atoms with Crippen molar-refractivity contribution in [2.75, 3.05) is 11.9 Å². The van der Waals surface area contributed by atoms with Gasteiger partial charge in [0, 0.05) is 5.69 Å². The second kappa shape index (κ2) is 5.75. The molecule has 0 saturated carbocycles. The number of amides is 3. The average molecular weight is 298 g/mol. The van der Waals surface area contributed by atoms with E-state index in [1.54, 1.807) is 12.1 Å². The highest BCUT2D eigenvalue weighted by Crippen LogP contribution is 2.34. The van der Waals surface area contributed by atoms with Crippen molar-refractivity contribution in [1.29, 1.82) is 0 Å². The summed E-state index contributed by atoms with van der Waals surface area (Å²) in [7, 11) is 0. The van der Waals surface area contributed by atoms with Gasteiger partial charge in [-0.15, -0.1) is 0 Å². The number of likely N-dealkylation sites (tertiary alicyclic amines) is 1. The molecule has 1 aromatic rings. The summed E-state index contributed by atoms with van der Waals surface area (Å²) in [6, 6.07) is 7.37. The summed E-state index contributed by atoms with van der Waals surface area (Å²) in [5.41, 5.74) is 1.76. The molecule has 3 rings (SSSR count). The maximum atomic E-state index is 12.3. The van der Waals surface area contributed by atoms with Crippen molar-refractivity contribution in [1.82, 2.24) is 4.90 Å². The third-order valence-corrected chi connectivity index (χ3v) is 4.24. The Labute approximate surface area is 129 Å². The highest BCUT2D eigenvalue weighted by atomic mass is 16.2. The fourth-order valence-electron chi connectivity index (χ4n) is 3.01. The molecule has 1 aliphatic carbocycles. The van der Waals surface area contributed by atoms with Crippen LogP contribution in [0.3, 0.4) is 0 Å². The van der Waals surface area contributed by atoms with Crippen LogP contribution in [0, 0.1) is 18.8 Å². The van der Waals surface area contributed by atoms with Crippen LogP contribution in [0.2, 0.25) is 0 Å². The normalized spacial score (nSPS) is 23.6. The highest BCUT2D eigenvalue weighted by Gasteiger charge is 2.47. The zero-order chi connectivity index (χ0) is 15.7. The van der Waals surface area contributed by atoms with Gasteiger partial charge in [-0.05, 0) is 31.9 Å². The number of fused-ring (bicyclic) bond motifs is 1. The molecule has 1 heterocycles. The summed E-state index contributed by atoms with van der Waals surface area (Å²) in [6.45, 7) is 1.75. The number of nitrogens with one attached hydrogen (secondary N) is 1. The minimum absolute atomic E-state index is 0.210. The predicted octanol–water partition coefficient (Wildman–Crippen LogP) is 1.88.